The molecule has 0 fully saturated rings. The van der Waals surface area contributed by atoms with Gasteiger partial charge in [-0.1, -0.05) is 30.3 Å². The molecule has 2 atom stereocenters. The summed E-state index contributed by atoms with van der Waals surface area (Å²) >= 11 is 0. The molecule has 2 unspecified atom stereocenters. The molecular weight excluding hydrogens is 316 g/mol. The molecule has 1 aliphatic heterocycles. The van der Waals surface area contributed by atoms with Crippen molar-refractivity contribution in [3.8, 4) is 5.75 Å². The van der Waals surface area contributed by atoms with Gasteiger partial charge in [-0.3, -0.25) is 0 Å². The summed E-state index contributed by atoms with van der Waals surface area (Å²) in [5, 5.41) is 3.24. The first-order chi connectivity index (χ1) is 12.2. The number of benzene rings is 2. The van der Waals surface area contributed by atoms with Crippen LogP contribution in [0.1, 0.15) is 22.9 Å². The third-order valence-electron chi connectivity index (χ3n) is 4.98. The monoisotopic (exact) mass is 337 g/mol. The Morgan fingerprint density at radius 3 is 2.68 bits per heavy atom. The second-order valence-corrected chi connectivity index (χ2v) is 6.31. The van der Waals surface area contributed by atoms with E-state index >= 15 is 0 Å². The molecule has 5 nitrogen and oxygen atoms in total. The summed E-state index contributed by atoms with van der Waals surface area (Å²) in [7, 11) is 3.12. The first-order valence-corrected chi connectivity index (χ1v) is 8.38. The molecule has 0 saturated heterocycles. The van der Waals surface area contributed by atoms with Crippen LogP contribution < -0.4 is 10.1 Å². The Morgan fingerprint density at radius 2 is 1.88 bits per heavy atom. The molecule has 3 aromatic rings. The quantitative estimate of drug-likeness (QED) is 0.718. The van der Waals surface area contributed by atoms with Gasteiger partial charge in [0.2, 0.25) is 0 Å². The normalized spacial score (nSPS) is 19.4. The zero-order chi connectivity index (χ0) is 17.4. The van der Waals surface area contributed by atoms with Crippen LogP contribution in [0.15, 0.2) is 48.5 Å². The van der Waals surface area contributed by atoms with Crippen LogP contribution in [-0.2, 0) is 16.0 Å². The minimum atomic E-state index is -0.272. The highest BCUT2D eigenvalue weighted by Gasteiger charge is 2.39. The first kappa shape index (κ1) is 15.7. The minimum Gasteiger partial charge on any atom is -0.496 e. The van der Waals surface area contributed by atoms with Gasteiger partial charge in [-0.05, 0) is 23.8 Å². The van der Waals surface area contributed by atoms with Crippen LogP contribution in [0.2, 0.25) is 0 Å². The lowest BCUT2D eigenvalue weighted by Crippen LogP contribution is -2.94. The Labute approximate surface area is 146 Å². The van der Waals surface area contributed by atoms with E-state index in [1.54, 1.807) is 7.11 Å². The fourth-order valence-electron chi connectivity index (χ4n) is 3.82. The van der Waals surface area contributed by atoms with Crippen LogP contribution in [0.5, 0.6) is 5.75 Å². The number of carbonyl (C=O) groups is 1. The molecule has 0 radical (unpaired) electrons. The fraction of sp³-hybridized carbons (Fsp3) is 0.250. The standard InChI is InChI=1S/C20H20N2O3/c1-24-17-10-6-4-8-13(17)18-19-14(11-16(22-18)20(23)25-2)12-7-3-5-9-15(12)21-19/h3-10,16,18,21-22H,11H2,1-2H3/p+1. The molecule has 3 N–H and O–H groups in total. The zero-order valence-corrected chi connectivity index (χ0v) is 14.3. The number of quaternary nitrogens is 1. The Balaban J connectivity index is 1.90. The van der Waals surface area contributed by atoms with Crippen molar-refractivity contribution in [2.75, 3.05) is 14.2 Å². The van der Waals surface area contributed by atoms with Crippen molar-refractivity contribution in [2.24, 2.45) is 0 Å². The van der Waals surface area contributed by atoms with Crippen LogP contribution in [-0.4, -0.2) is 31.2 Å². The number of H-pyrrole nitrogens is 1. The fourth-order valence-corrected chi connectivity index (χ4v) is 3.82. The summed E-state index contributed by atoms with van der Waals surface area (Å²) in [6.45, 7) is 0. The molecule has 2 heterocycles. The molecule has 1 aliphatic rings. The van der Waals surface area contributed by atoms with Gasteiger partial charge in [0.25, 0.3) is 0 Å². The molecular formula is C20H21N2O3+. The number of nitrogens with two attached hydrogens (primary N) is 1. The van der Waals surface area contributed by atoms with Crippen molar-refractivity contribution < 1.29 is 19.6 Å². The molecule has 4 rings (SSSR count). The van der Waals surface area contributed by atoms with E-state index in [9.17, 15) is 4.79 Å². The first-order valence-electron chi connectivity index (χ1n) is 8.38. The Hall–Kier alpha value is -2.79. The summed E-state index contributed by atoms with van der Waals surface area (Å²) < 4.78 is 10.6. The predicted octanol–water partition coefficient (Wildman–Crippen LogP) is 1.93. The van der Waals surface area contributed by atoms with Crippen LogP contribution >= 0.6 is 0 Å². The average molecular weight is 337 g/mol. The Bertz CT molecular complexity index is 932. The number of hydrogen-bond acceptors (Lipinski definition) is 3. The summed E-state index contributed by atoms with van der Waals surface area (Å²) in [5.74, 6) is 0.620. The second-order valence-electron chi connectivity index (χ2n) is 6.31. The number of methoxy groups -OCH3 is 2. The summed E-state index contributed by atoms with van der Waals surface area (Å²) in [5.41, 5.74) is 4.45. The van der Waals surface area contributed by atoms with E-state index < -0.39 is 0 Å². The number of fused-ring (bicyclic) bond motifs is 3. The molecule has 5 heteroatoms. The topological polar surface area (TPSA) is 67.9 Å². The maximum atomic E-state index is 12.3. The summed E-state index contributed by atoms with van der Waals surface area (Å²) in [4.78, 5) is 15.8. The molecule has 1 aromatic heterocycles. The van der Waals surface area contributed by atoms with E-state index in [4.69, 9.17) is 9.47 Å². The summed E-state index contributed by atoms with van der Waals surface area (Å²) in [6.07, 6.45) is 0.650. The number of esters is 1. The van der Waals surface area contributed by atoms with Crippen molar-refractivity contribution in [3.63, 3.8) is 0 Å². The van der Waals surface area contributed by atoms with E-state index in [1.807, 2.05) is 30.3 Å². The van der Waals surface area contributed by atoms with Gasteiger partial charge in [0, 0.05) is 17.3 Å². The Morgan fingerprint density at radius 1 is 1.12 bits per heavy atom. The SMILES string of the molecule is COC(=O)C1Cc2c([nH]c3ccccc23)C(c2ccccc2OC)[NH2+]1. The molecule has 0 amide bonds. The number of nitrogens with one attached hydrogen (secondary N) is 1. The van der Waals surface area contributed by atoms with E-state index in [-0.39, 0.29) is 18.1 Å². The third kappa shape index (κ3) is 2.57. The number of aromatic amines is 1. The van der Waals surface area contributed by atoms with Gasteiger partial charge in [-0.25, -0.2) is 4.79 Å². The van der Waals surface area contributed by atoms with Gasteiger partial charge in [0.15, 0.2) is 12.1 Å². The number of para-hydroxylation sites is 2. The van der Waals surface area contributed by atoms with Gasteiger partial charge in [0.1, 0.15) is 5.75 Å². The maximum absolute atomic E-state index is 12.3. The van der Waals surface area contributed by atoms with E-state index in [2.05, 4.69) is 28.5 Å². The van der Waals surface area contributed by atoms with Gasteiger partial charge < -0.3 is 19.8 Å². The van der Waals surface area contributed by atoms with Gasteiger partial charge in [0.05, 0.1) is 25.5 Å². The van der Waals surface area contributed by atoms with Gasteiger partial charge >= 0.3 is 5.97 Å². The second kappa shape index (κ2) is 6.26. The number of hydrogen-bond donors (Lipinski definition) is 2. The molecule has 0 aliphatic carbocycles. The van der Waals surface area contributed by atoms with E-state index in [1.165, 1.54) is 18.1 Å². The average Bonchev–Trinajstić information content (AvgIpc) is 3.05. The summed E-state index contributed by atoms with van der Waals surface area (Å²) in [6, 6.07) is 15.9. The van der Waals surface area contributed by atoms with Crippen molar-refractivity contribution in [3.05, 3.63) is 65.4 Å². The molecule has 0 bridgehead atoms. The maximum Gasteiger partial charge on any atom is 0.364 e. The molecule has 0 spiro atoms. The number of aromatic nitrogens is 1. The largest absolute Gasteiger partial charge is 0.496 e. The predicted molar refractivity (Wildman–Crippen MR) is 94.6 cm³/mol. The molecule has 0 saturated carbocycles. The highest BCUT2D eigenvalue weighted by atomic mass is 16.5. The third-order valence-corrected chi connectivity index (χ3v) is 4.98. The van der Waals surface area contributed by atoms with Crippen LogP contribution in [0.4, 0.5) is 0 Å². The van der Waals surface area contributed by atoms with Crippen LogP contribution in [0.3, 0.4) is 0 Å². The van der Waals surface area contributed by atoms with Gasteiger partial charge in [-0.2, -0.15) is 0 Å². The lowest BCUT2D eigenvalue weighted by atomic mass is 9.90. The molecule has 2 aromatic carbocycles. The molecule has 128 valence electrons. The van der Waals surface area contributed by atoms with Crippen molar-refractivity contribution in [1.29, 1.82) is 0 Å². The van der Waals surface area contributed by atoms with E-state index in [0.717, 1.165) is 22.5 Å². The minimum absolute atomic E-state index is 0.0450. The van der Waals surface area contributed by atoms with Crippen LogP contribution in [0, 0.1) is 0 Å². The highest BCUT2D eigenvalue weighted by molar-refractivity contribution is 5.86. The number of ether oxygens (including phenoxy) is 2. The number of rotatable bonds is 3. The smallest absolute Gasteiger partial charge is 0.364 e. The Kier molecular flexibility index (Phi) is 3.93. The van der Waals surface area contributed by atoms with Crippen molar-refractivity contribution in [2.45, 2.75) is 18.5 Å². The number of carbonyl (C=O) groups excluding carboxylic acids is 1. The van der Waals surface area contributed by atoms with Crippen LogP contribution in [0.25, 0.3) is 10.9 Å². The lowest BCUT2D eigenvalue weighted by Gasteiger charge is -2.27. The van der Waals surface area contributed by atoms with Gasteiger partial charge in [-0.15, -0.1) is 0 Å². The van der Waals surface area contributed by atoms with Crippen molar-refractivity contribution in [1.82, 2.24) is 4.98 Å². The van der Waals surface area contributed by atoms with Crippen molar-refractivity contribution >= 4 is 16.9 Å². The lowest BCUT2D eigenvalue weighted by molar-refractivity contribution is -0.712. The molecule has 25 heavy (non-hydrogen) atoms. The van der Waals surface area contributed by atoms with E-state index in [0.29, 0.717) is 6.42 Å². The zero-order valence-electron chi connectivity index (χ0n) is 14.3. The highest BCUT2D eigenvalue weighted by Crippen LogP contribution is 2.35.